The van der Waals surface area contributed by atoms with E-state index < -0.39 is 18.1 Å². The molecule has 0 aliphatic carbocycles. The maximum Gasteiger partial charge on any atom is 0.308 e. The highest BCUT2D eigenvalue weighted by Gasteiger charge is 2.34. The number of hydrogen-bond donors (Lipinski definition) is 1. The number of carboxylic acids is 1. The molecule has 3 atom stereocenters. The number of halogens is 2. The van der Waals surface area contributed by atoms with Crippen molar-refractivity contribution in [1.82, 2.24) is 9.88 Å². The first kappa shape index (κ1) is 26.4. The van der Waals surface area contributed by atoms with Gasteiger partial charge in [0, 0.05) is 23.0 Å². The molecule has 0 radical (unpaired) electrons. The van der Waals surface area contributed by atoms with E-state index in [2.05, 4.69) is 9.88 Å². The predicted octanol–water partition coefficient (Wildman–Crippen LogP) is 6.38. The number of fused-ring (bicyclic) bond motifs is 1. The minimum absolute atomic E-state index is 0.0543. The Morgan fingerprint density at radius 1 is 1.28 bits per heavy atom. The number of ether oxygens (including phenoxy) is 1. The quantitative estimate of drug-likeness (QED) is 0.237. The summed E-state index contributed by atoms with van der Waals surface area (Å²) in [5.74, 6) is -0.115. The standard InChI is InChI=1S/C28H32F2N2O3S/c1-35-21-7-9-27-24(17-21)23(10-12-31-27)26(30)8-6-19-11-14-32(18-25(19)28(33)34)13-3-15-36-22-5-2-4-20(29)16-22/h2,4-5,7,9-10,12,16-17,19,25-26H,3,6,8,11,13-15,18H2,1H3,(H,33,34)/t19-,25+,26-/m1/s1. The van der Waals surface area contributed by atoms with Gasteiger partial charge in [-0.05, 0) is 98.5 Å². The fourth-order valence-corrected chi connectivity index (χ4v) is 5.87. The number of hydrogen-bond acceptors (Lipinski definition) is 5. The third-order valence-corrected chi connectivity index (χ3v) is 8.03. The first-order chi connectivity index (χ1) is 17.4. The van der Waals surface area contributed by atoms with Gasteiger partial charge in [-0.15, -0.1) is 11.8 Å². The summed E-state index contributed by atoms with van der Waals surface area (Å²) in [5, 5.41) is 10.6. The first-order valence-corrected chi connectivity index (χ1v) is 13.3. The Morgan fingerprint density at radius 2 is 2.14 bits per heavy atom. The zero-order chi connectivity index (χ0) is 25.5. The highest BCUT2D eigenvalue weighted by Crippen LogP contribution is 2.35. The molecule has 1 aliphatic heterocycles. The molecule has 0 amide bonds. The van der Waals surface area contributed by atoms with Gasteiger partial charge in [0.05, 0.1) is 18.5 Å². The van der Waals surface area contributed by atoms with Gasteiger partial charge in [-0.25, -0.2) is 8.78 Å². The average Bonchev–Trinajstić information content (AvgIpc) is 2.89. The summed E-state index contributed by atoms with van der Waals surface area (Å²) < 4.78 is 34.0. The molecule has 1 aliphatic rings. The van der Waals surface area contributed by atoms with E-state index in [1.807, 2.05) is 12.1 Å². The molecule has 1 aromatic heterocycles. The second-order valence-corrected chi connectivity index (χ2v) is 10.4. The Morgan fingerprint density at radius 3 is 2.92 bits per heavy atom. The zero-order valence-electron chi connectivity index (χ0n) is 20.4. The number of rotatable bonds is 11. The number of benzene rings is 2. The van der Waals surface area contributed by atoms with Gasteiger partial charge in [0.2, 0.25) is 0 Å². The molecule has 0 unspecified atom stereocenters. The van der Waals surface area contributed by atoms with Crippen LogP contribution in [-0.2, 0) is 4.79 Å². The molecule has 1 N–H and O–H groups in total. The van der Waals surface area contributed by atoms with E-state index in [-0.39, 0.29) is 18.2 Å². The largest absolute Gasteiger partial charge is 0.497 e. The van der Waals surface area contributed by atoms with Crippen molar-refractivity contribution in [2.45, 2.75) is 36.8 Å². The van der Waals surface area contributed by atoms with Crippen molar-refractivity contribution in [3.8, 4) is 5.75 Å². The minimum Gasteiger partial charge on any atom is -0.497 e. The van der Waals surface area contributed by atoms with E-state index in [0.29, 0.717) is 29.8 Å². The van der Waals surface area contributed by atoms with Crippen LogP contribution in [0.5, 0.6) is 5.75 Å². The molecule has 0 saturated carbocycles. The van der Waals surface area contributed by atoms with Crippen LogP contribution in [0.25, 0.3) is 10.9 Å². The van der Waals surface area contributed by atoms with Crippen molar-refractivity contribution in [1.29, 1.82) is 0 Å². The van der Waals surface area contributed by atoms with Crippen molar-refractivity contribution < 1.29 is 23.4 Å². The Hall–Kier alpha value is -2.71. The third-order valence-electron chi connectivity index (χ3n) is 6.95. The summed E-state index contributed by atoms with van der Waals surface area (Å²) in [4.78, 5) is 19.4. The van der Waals surface area contributed by atoms with Gasteiger partial charge in [-0.1, -0.05) is 6.07 Å². The number of thioether (sulfide) groups is 1. The highest BCUT2D eigenvalue weighted by molar-refractivity contribution is 7.99. The van der Waals surface area contributed by atoms with Crippen molar-refractivity contribution in [2.75, 3.05) is 32.5 Å². The Labute approximate surface area is 214 Å². The van der Waals surface area contributed by atoms with E-state index in [9.17, 15) is 14.3 Å². The molecule has 1 fully saturated rings. The van der Waals surface area contributed by atoms with Crippen LogP contribution >= 0.6 is 11.8 Å². The maximum absolute atomic E-state index is 15.4. The summed E-state index contributed by atoms with van der Waals surface area (Å²) in [7, 11) is 1.58. The first-order valence-electron chi connectivity index (χ1n) is 12.3. The van der Waals surface area contributed by atoms with Gasteiger partial charge in [0.25, 0.3) is 0 Å². The molecule has 0 spiro atoms. The molecule has 5 nitrogen and oxygen atoms in total. The van der Waals surface area contributed by atoms with Gasteiger partial charge in [-0.2, -0.15) is 0 Å². The molecule has 3 aromatic rings. The van der Waals surface area contributed by atoms with Crippen LogP contribution in [0.4, 0.5) is 8.78 Å². The molecule has 2 heterocycles. The van der Waals surface area contributed by atoms with E-state index >= 15 is 4.39 Å². The van der Waals surface area contributed by atoms with E-state index in [0.717, 1.165) is 42.0 Å². The third kappa shape index (κ3) is 6.73. The number of aromatic nitrogens is 1. The molecule has 1 saturated heterocycles. The van der Waals surface area contributed by atoms with Gasteiger partial charge in [0.15, 0.2) is 0 Å². The lowest BCUT2D eigenvalue weighted by atomic mass is 9.81. The number of nitrogens with zero attached hydrogens (tertiary/aromatic N) is 2. The van der Waals surface area contributed by atoms with Crippen LogP contribution < -0.4 is 4.74 Å². The number of carbonyl (C=O) groups is 1. The topological polar surface area (TPSA) is 62.7 Å². The Balaban J connectivity index is 1.29. The molecule has 4 rings (SSSR count). The van der Waals surface area contributed by atoms with Crippen LogP contribution in [0.2, 0.25) is 0 Å². The van der Waals surface area contributed by atoms with Crippen molar-refractivity contribution in [3.63, 3.8) is 0 Å². The normalized spacial score (nSPS) is 19.3. The Bertz CT molecular complexity index is 1180. The summed E-state index contributed by atoms with van der Waals surface area (Å²) in [5.41, 5.74) is 1.28. The molecule has 8 heteroatoms. The molecule has 36 heavy (non-hydrogen) atoms. The van der Waals surface area contributed by atoms with Gasteiger partial charge < -0.3 is 14.7 Å². The molecule has 192 valence electrons. The molecular weight excluding hydrogens is 482 g/mol. The number of alkyl halides is 1. The van der Waals surface area contributed by atoms with Gasteiger partial charge >= 0.3 is 5.97 Å². The van der Waals surface area contributed by atoms with E-state index in [1.54, 1.807) is 49.3 Å². The highest BCUT2D eigenvalue weighted by atomic mass is 32.2. The summed E-state index contributed by atoms with van der Waals surface area (Å²) in [6.07, 6.45) is 2.84. The number of likely N-dealkylation sites (tertiary alicyclic amines) is 1. The molecular formula is C28H32F2N2O3S. The molecule has 2 aromatic carbocycles. The van der Waals surface area contributed by atoms with Crippen LogP contribution in [0, 0.1) is 17.7 Å². The van der Waals surface area contributed by atoms with Crippen molar-refractivity contribution >= 4 is 28.6 Å². The fraction of sp³-hybridized carbons (Fsp3) is 0.429. The van der Waals surface area contributed by atoms with Crippen LogP contribution in [-0.4, -0.2) is 53.5 Å². The smallest absolute Gasteiger partial charge is 0.308 e. The van der Waals surface area contributed by atoms with Crippen molar-refractivity contribution in [2.24, 2.45) is 11.8 Å². The van der Waals surface area contributed by atoms with Gasteiger partial charge in [0.1, 0.15) is 17.7 Å². The summed E-state index contributed by atoms with van der Waals surface area (Å²) in [6.45, 7) is 2.10. The Kier molecular flexibility index (Phi) is 9.15. The molecule has 0 bridgehead atoms. The summed E-state index contributed by atoms with van der Waals surface area (Å²) in [6, 6.07) is 13.7. The van der Waals surface area contributed by atoms with Crippen LogP contribution in [0.15, 0.2) is 59.6 Å². The maximum atomic E-state index is 15.4. The number of methoxy groups -OCH3 is 1. The fourth-order valence-electron chi connectivity index (χ4n) is 4.99. The average molecular weight is 515 g/mol. The van der Waals surface area contributed by atoms with Crippen molar-refractivity contribution in [3.05, 3.63) is 66.1 Å². The predicted molar refractivity (Wildman–Crippen MR) is 139 cm³/mol. The minimum atomic E-state index is -1.20. The van der Waals surface area contributed by atoms with Crippen LogP contribution in [0.3, 0.4) is 0 Å². The van der Waals surface area contributed by atoms with E-state index in [1.165, 1.54) is 12.1 Å². The second kappa shape index (κ2) is 12.5. The lowest BCUT2D eigenvalue weighted by Gasteiger charge is -2.36. The lowest BCUT2D eigenvalue weighted by Crippen LogP contribution is -2.44. The SMILES string of the molecule is COc1ccc2nccc([C@H](F)CC[C@@H]3CCN(CCCSc4cccc(F)c4)C[C@@H]3C(=O)O)c2c1. The number of piperidine rings is 1. The zero-order valence-corrected chi connectivity index (χ0v) is 21.2. The number of aliphatic carboxylic acids is 1. The number of carboxylic acid groups (broad SMARTS) is 1. The van der Waals surface area contributed by atoms with Crippen LogP contribution in [0.1, 0.15) is 37.4 Å². The summed E-state index contributed by atoms with van der Waals surface area (Å²) >= 11 is 1.61. The number of pyridine rings is 1. The second-order valence-electron chi connectivity index (χ2n) is 9.28. The van der Waals surface area contributed by atoms with Gasteiger partial charge in [-0.3, -0.25) is 9.78 Å². The monoisotopic (exact) mass is 514 g/mol. The van der Waals surface area contributed by atoms with E-state index in [4.69, 9.17) is 4.74 Å². The lowest BCUT2D eigenvalue weighted by molar-refractivity contribution is -0.146.